The lowest BCUT2D eigenvalue weighted by molar-refractivity contribution is -0.137. The summed E-state index contributed by atoms with van der Waals surface area (Å²) < 4.78 is 6.26. The predicted molar refractivity (Wildman–Crippen MR) is 118 cm³/mol. The first-order chi connectivity index (χ1) is 13.7. The summed E-state index contributed by atoms with van der Waals surface area (Å²) in [5.41, 5.74) is 0. The minimum absolute atomic E-state index is 0.324. The highest BCUT2D eigenvalue weighted by atomic mass is 32.2. The maximum Gasteiger partial charge on any atom is 0.303 e. The van der Waals surface area contributed by atoms with Crippen LogP contribution in [0.3, 0.4) is 0 Å². The molecule has 3 rings (SSSR count). The summed E-state index contributed by atoms with van der Waals surface area (Å²) in [6.07, 6.45) is 22.8. The number of carbonyl (C=O) groups is 1. The summed E-state index contributed by atoms with van der Waals surface area (Å²) in [4.78, 5) is 10.6. The molecule has 0 amide bonds. The Morgan fingerprint density at radius 1 is 0.929 bits per heavy atom. The molecule has 1 saturated carbocycles. The zero-order valence-electron chi connectivity index (χ0n) is 17.5. The van der Waals surface area contributed by atoms with Gasteiger partial charge in [0, 0.05) is 12.2 Å². The number of fused-ring (bicyclic) bond motifs is 2. The molecule has 2 heterocycles. The summed E-state index contributed by atoms with van der Waals surface area (Å²) in [6, 6.07) is 0. The SMILES string of the molecule is O=C(O)CCCCCC[C@@H]1[C@H](CSCC=CCC2CCCCC2)[C@@H]2CC[C@H]1O2. The smallest absolute Gasteiger partial charge is 0.303 e. The number of carboxylic acid groups (broad SMARTS) is 1. The van der Waals surface area contributed by atoms with Crippen molar-refractivity contribution in [2.75, 3.05) is 11.5 Å². The topological polar surface area (TPSA) is 46.5 Å². The molecule has 0 aromatic carbocycles. The molecule has 0 aromatic heterocycles. The Morgan fingerprint density at radius 3 is 2.46 bits per heavy atom. The lowest BCUT2D eigenvalue weighted by Crippen LogP contribution is -2.29. The lowest BCUT2D eigenvalue weighted by atomic mass is 9.77. The third-order valence-electron chi connectivity index (χ3n) is 7.15. The average molecular weight is 409 g/mol. The number of ether oxygens (including phenoxy) is 1. The second-order valence-corrected chi connectivity index (χ2v) is 10.3. The van der Waals surface area contributed by atoms with E-state index in [4.69, 9.17) is 9.84 Å². The monoisotopic (exact) mass is 408 g/mol. The van der Waals surface area contributed by atoms with Gasteiger partial charge in [-0.1, -0.05) is 63.5 Å². The molecule has 1 N–H and O–H groups in total. The van der Waals surface area contributed by atoms with E-state index in [1.807, 2.05) is 0 Å². The molecule has 0 aromatic rings. The first-order valence-corrected chi connectivity index (χ1v) is 13.0. The average Bonchev–Trinajstić information content (AvgIpc) is 3.30. The Morgan fingerprint density at radius 2 is 1.68 bits per heavy atom. The second kappa shape index (κ2) is 12.3. The number of carboxylic acids is 1. The van der Waals surface area contributed by atoms with Gasteiger partial charge in [0.15, 0.2) is 0 Å². The van der Waals surface area contributed by atoms with E-state index in [1.54, 1.807) is 0 Å². The number of thioether (sulfide) groups is 1. The van der Waals surface area contributed by atoms with E-state index in [-0.39, 0.29) is 0 Å². The van der Waals surface area contributed by atoms with Gasteiger partial charge in [0.25, 0.3) is 0 Å². The Hall–Kier alpha value is -0.480. The van der Waals surface area contributed by atoms with Crippen molar-refractivity contribution in [3.8, 4) is 0 Å². The molecule has 2 aliphatic heterocycles. The molecule has 2 bridgehead atoms. The molecular formula is C24H40O3S. The fourth-order valence-corrected chi connectivity index (χ4v) is 6.71. The van der Waals surface area contributed by atoms with Crippen molar-refractivity contribution >= 4 is 17.7 Å². The molecule has 2 saturated heterocycles. The standard InChI is InChI=1S/C24H40O3S/c25-24(26)14-7-2-1-6-13-20-21(23-16-15-22(20)27-23)18-28-17-9-8-12-19-10-4-3-5-11-19/h8-9,19-23H,1-7,10-18H2,(H,25,26)/t20-,21+,22-,23+/m1/s1. The van der Waals surface area contributed by atoms with Crippen LogP contribution in [0, 0.1) is 17.8 Å². The van der Waals surface area contributed by atoms with Gasteiger partial charge in [-0.05, 0) is 55.6 Å². The van der Waals surface area contributed by atoms with Crippen LogP contribution in [0.1, 0.15) is 89.9 Å². The molecule has 3 nitrogen and oxygen atoms in total. The number of hydrogen-bond donors (Lipinski definition) is 1. The van der Waals surface area contributed by atoms with Crippen molar-refractivity contribution in [2.24, 2.45) is 17.8 Å². The number of aliphatic carboxylic acids is 1. The van der Waals surface area contributed by atoms with E-state index in [0.29, 0.717) is 18.6 Å². The van der Waals surface area contributed by atoms with Gasteiger partial charge in [-0.25, -0.2) is 0 Å². The van der Waals surface area contributed by atoms with Gasteiger partial charge in [-0.2, -0.15) is 11.8 Å². The van der Waals surface area contributed by atoms with E-state index >= 15 is 0 Å². The van der Waals surface area contributed by atoms with E-state index in [9.17, 15) is 4.79 Å². The first kappa shape index (κ1) is 22.2. The van der Waals surface area contributed by atoms with Crippen LogP contribution in [-0.4, -0.2) is 34.8 Å². The fraction of sp³-hybridized carbons (Fsp3) is 0.875. The largest absolute Gasteiger partial charge is 0.481 e. The van der Waals surface area contributed by atoms with E-state index in [0.717, 1.165) is 36.3 Å². The van der Waals surface area contributed by atoms with Gasteiger partial charge >= 0.3 is 5.97 Å². The quantitative estimate of drug-likeness (QED) is 0.280. The number of hydrogen-bond acceptors (Lipinski definition) is 3. The maximum absolute atomic E-state index is 10.6. The maximum atomic E-state index is 10.6. The van der Waals surface area contributed by atoms with Gasteiger partial charge in [0.1, 0.15) is 0 Å². The second-order valence-electron chi connectivity index (χ2n) is 9.21. The first-order valence-electron chi connectivity index (χ1n) is 11.8. The molecule has 3 aliphatic rings. The van der Waals surface area contributed by atoms with Gasteiger partial charge in [-0.3, -0.25) is 4.79 Å². The van der Waals surface area contributed by atoms with Crippen LogP contribution in [0.4, 0.5) is 0 Å². The summed E-state index contributed by atoms with van der Waals surface area (Å²) in [7, 11) is 0. The molecule has 0 spiro atoms. The van der Waals surface area contributed by atoms with Gasteiger partial charge in [-0.15, -0.1) is 0 Å². The highest BCUT2D eigenvalue weighted by Gasteiger charge is 2.47. The van der Waals surface area contributed by atoms with Gasteiger partial charge < -0.3 is 9.84 Å². The summed E-state index contributed by atoms with van der Waals surface area (Å²) in [6.45, 7) is 0. The Bertz CT molecular complexity index is 486. The van der Waals surface area contributed by atoms with Crippen molar-refractivity contribution in [1.82, 2.24) is 0 Å². The van der Waals surface area contributed by atoms with Crippen LogP contribution < -0.4 is 0 Å². The molecule has 4 heteroatoms. The Balaban J connectivity index is 1.29. The molecule has 28 heavy (non-hydrogen) atoms. The van der Waals surface area contributed by atoms with Crippen molar-refractivity contribution in [3.63, 3.8) is 0 Å². The van der Waals surface area contributed by atoms with E-state index in [2.05, 4.69) is 23.9 Å². The minimum Gasteiger partial charge on any atom is -0.481 e. The van der Waals surface area contributed by atoms with E-state index < -0.39 is 5.97 Å². The van der Waals surface area contributed by atoms with Crippen molar-refractivity contribution in [2.45, 2.75) is 102 Å². The highest BCUT2D eigenvalue weighted by Crippen LogP contribution is 2.46. The van der Waals surface area contributed by atoms with E-state index in [1.165, 1.54) is 76.4 Å². The highest BCUT2D eigenvalue weighted by molar-refractivity contribution is 7.99. The molecule has 0 unspecified atom stereocenters. The van der Waals surface area contributed by atoms with Crippen LogP contribution in [0.25, 0.3) is 0 Å². The molecule has 4 atom stereocenters. The Labute approximate surface area is 176 Å². The van der Waals surface area contributed by atoms with Crippen LogP contribution in [-0.2, 0) is 9.53 Å². The van der Waals surface area contributed by atoms with Crippen LogP contribution in [0.2, 0.25) is 0 Å². The lowest BCUT2D eigenvalue weighted by Gasteiger charge is -2.27. The van der Waals surface area contributed by atoms with Gasteiger partial charge in [0.2, 0.25) is 0 Å². The van der Waals surface area contributed by atoms with Crippen LogP contribution in [0.15, 0.2) is 12.2 Å². The molecule has 160 valence electrons. The molecular weight excluding hydrogens is 368 g/mol. The zero-order chi connectivity index (χ0) is 19.6. The van der Waals surface area contributed by atoms with Gasteiger partial charge in [0.05, 0.1) is 12.2 Å². The predicted octanol–water partition coefficient (Wildman–Crippen LogP) is 6.47. The Kier molecular flexibility index (Phi) is 9.73. The zero-order valence-corrected chi connectivity index (χ0v) is 18.3. The van der Waals surface area contributed by atoms with Crippen LogP contribution in [0.5, 0.6) is 0 Å². The van der Waals surface area contributed by atoms with Crippen molar-refractivity contribution in [1.29, 1.82) is 0 Å². The summed E-state index contributed by atoms with van der Waals surface area (Å²) >= 11 is 2.10. The number of rotatable bonds is 13. The molecule has 1 aliphatic carbocycles. The van der Waals surface area contributed by atoms with Crippen molar-refractivity contribution < 1.29 is 14.6 Å². The molecule has 3 fully saturated rings. The fourth-order valence-electron chi connectivity index (χ4n) is 5.56. The normalized spacial score (nSPS) is 30.4. The third-order valence-corrected chi connectivity index (χ3v) is 8.20. The minimum atomic E-state index is -0.661. The molecule has 0 radical (unpaired) electrons. The third kappa shape index (κ3) is 7.09. The summed E-state index contributed by atoms with van der Waals surface area (Å²) in [5.74, 6) is 4.19. The number of unbranched alkanes of at least 4 members (excludes halogenated alkanes) is 3. The summed E-state index contributed by atoms with van der Waals surface area (Å²) in [5, 5.41) is 8.73. The van der Waals surface area contributed by atoms with Crippen LogP contribution >= 0.6 is 11.8 Å². The van der Waals surface area contributed by atoms with Crippen molar-refractivity contribution in [3.05, 3.63) is 12.2 Å². The number of allylic oxidation sites excluding steroid dienone is 1.